The van der Waals surface area contributed by atoms with E-state index in [1.165, 1.54) is 5.56 Å². The highest BCUT2D eigenvalue weighted by Crippen LogP contribution is 2.36. The molecule has 3 aromatic carbocycles. The van der Waals surface area contributed by atoms with E-state index in [1.54, 1.807) is 32.4 Å². The highest BCUT2D eigenvalue weighted by molar-refractivity contribution is 6.11. The van der Waals surface area contributed by atoms with Crippen LogP contribution in [0.4, 0.5) is 16.2 Å². The van der Waals surface area contributed by atoms with Crippen LogP contribution in [0.3, 0.4) is 0 Å². The highest BCUT2D eigenvalue weighted by Gasteiger charge is 2.16. The maximum Gasteiger partial charge on any atom is 0.323 e. The minimum absolute atomic E-state index is 0.361. The Bertz CT molecular complexity index is 1210. The second-order valence-electron chi connectivity index (χ2n) is 7.12. The Labute approximate surface area is 181 Å². The molecular weight excluding hydrogens is 390 g/mol. The van der Waals surface area contributed by atoms with E-state index in [1.807, 2.05) is 24.3 Å². The van der Waals surface area contributed by atoms with Crippen molar-refractivity contribution < 1.29 is 14.3 Å². The number of aryl methyl sites for hydroxylation is 1. The van der Waals surface area contributed by atoms with Gasteiger partial charge in [-0.2, -0.15) is 0 Å². The molecule has 0 saturated heterocycles. The molecule has 1 heterocycles. The number of para-hydroxylation sites is 1. The van der Waals surface area contributed by atoms with Gasteiger partial charge in [0.1, 0.15) is 11.5 Å². The molecule has 6 nitrogen and oxygen atoms in total. The summed E-state index contributed by atoms with van der Waals surface area (Å²) in [6, 6.07) is 21.1. The maximum atomic E-state index is 12.9. The Hall–Kier alpha value is -3.93. The number of hydrogen-bond donors (Lipinski definition) is 3. The number of benzene rings is 3. The lowest BCUT2D eigenvalue weighted by Gasteiger charge is -2.13. The van der Waals surface area contributed by atoms with Crippen molar-refractivity contribution in [2.45, 2.75) is 13.3 Å². The molecule has 0 radical (unpaired) electrons. The molecule has 158 valence electrons. The molecule has 1 aromatic heterocycles. The smallest absolute Gasteiger partial charge is 0.323 e. The van der Waals surface area contributed by atoms with E-state index in [2.05, 4.69) is 46.8 Å². The number of carbonyl (C=O) groups is 1. The number of aromatic amines is 1. The molecule has 0 aliphatic rings. The molecule has 3 N–H and O–H groups in total. The fourth-order valence-electron chi connectivity index (χ4n) is 3.56. The maximum absolute atomic E-state index is 12.9. The van der Waals surface area contributed by atoms with E-state index < -0.39 is 0 Å². The van der Waals surface area contributed by atoms with Gasteiger partial charge in [0.05, 0.1) is 31.3 Å². The summed E-state index contributed by atoms with van der Waals surface area (Å²) in [5.41, 5.74) is 5.36. The molecule has 2 amide bonds. The van der Waals surface area contributed by atoms with Gasteiger partial charge >= 0.3 is 6.03 Å². The van der Waals surface area contributed by atoms with Gasteiger partial charge < -0.3 is 25.1 Å². The zero-order valence-corrected chi connectivity index (χ0v) is 17.8. The van der Waals surface area contributed by atoms with E-state index >= 15 is 0 Å². The lowest BCUT2D eigenvalue weighted by Crippen LogP contribution is -2.20. The van der Waals surface area contributed by atoms with Gasteiger partial charge in [-0.15, -0.1) is 0 Å². The lowest BCUT2D eigenvalue weighted by molar-refractivity contribution is 0.262. The Morgan fingerprint density at radius 1 is 0.935 bits per heavy atom. The van der Waals surface area contributed by atoms with Gasteiger partial charge in [-0.3, -0.25) is 0 Å². The summed E-state index contributed by atoms with van der Waals surface area (Å²) in [7, 11) is 3.13. The largest absolute Gasteiger partial charge is 0.497 e. The number of aromatic nitrogens is 1. The Kier molecular flexibility index (Phi) is 5.80. The second kappa shape index (κ2) is 8.83. The molecule has 0 unspecified atom stereocenters. The molecule has 4 aromatic rings. The van der Waals surface area contributed by atoms with Crippen LogP contribution in [0.2, 0.25) is 0 Å². The van der Waals surface area contributed by atoms with Gasteiger partial charge in [-0.25, -0.2) is 4.79 Å². The minimum atomic E-state index is -0.361. The number of H-pyrrole nitrogens is 1. The molecule has 4 rings (SSSR count). The summed E-state index contributed by atoms with van der Waals surface area (Å²) < 4.78 is 10.6. The third-order valence-corrected chi connectivity index (χ3v) is 5.25. The summed E-state index contributed by atoms with van der Waals surface area (Å²) in [5, 5.41) is 6.83. The van der Waals surface area contributed by atoms with Gasteiger partial charge in [0, 0.05) is 22.5 Å². The van der Waals surface area contributed by atoms with E-state index in [4.69, 9.17) is 9.47 Å². The lowest BCUT2D eigenvalue weighted by atomic mass is 10.1. The first-order valence-electron chi connectivity index (χ1n) is 10.1. The van der Waals surface area contributed by atoms with Crippen molar-refractivity contribution in [3.8, 4) is 22.8 Å². The van der Waals surface area contributed by atoms with Crippen LogP contribution in [0.1, 0.15) is 12.5 Å². The van der Waals surface area contributed by atoms with Crippen LogP contribution in [-0.2, 0) is 6.42 Å². The summed E-state index contributed by atoms with van der Waals surface area (Å²) in [5.74, 6) is 1.17. The van der Waals surface area contributed by atoms with Crippen molar-refractivity contribution >= 4 is 28.3 Å². The summed E-state index contributed by atoms with van der Waals surface area (Å²) in [6.07, 6.45) is 0.976. The first-order chi connectivity index (χ1) is 15.1. The van der Waals surface area contributed by atoms with Gasteiger partial charge in [0.15, 0.2) is 0 Å². The highest BCUT2D eigenvalue weighted by atomic mass is 16.5. The van der Waals surface area contributed by atoms with Crippen LogP contribution in [-0.4, -0.2) is 25.2 Å². The number of urea groups is 1. The predicted octanol–water partition coefficient (Wildman–Crippen LogP) is 6.06. The summed E-state index contributed by atoms with van der Waals surface area (Å²) in [6.45, 7) is 2.13. The molecular formula is C25H25N3O3. The number of amides is 2. The van der Waals surface area contributed by atoms with E-state index in [0.717, 1.165) is 34.3 Å². The normalized spacial score (nSPS) is 10.7. The standard InChI is InChI=1S/C25H25N3O3/c1-4-16-9-11-17(12-10-16)23-24(19-7-5-6-8-20(19)26-23)28-25(29)27-21-14-13-18(30-2)15-22(21)31-3/h5-15,26H,4H2,1-3H3,(H2,27,28,29). The number of ether oxygens (including phenoxy) is 2. The Morgan fingerprint density at radius 3 is 2.42 bits per heavy atom. The number of hydrogen-bond acceptors (Lipinski definition) is 3. The molecule has 0 aliphatic carbocycles. The van der Waals surface area contributed by atoms with Crippen LogP contribution in [0.25, 0.3) is 22.2 Å². The molecule has 0 aliphatic heterocycles. The molecule has 0 spiro atoms. The average molecular weight is 415 g/mol. The van der Waals surface area contributed by atoms with Crippen molar-refractivity contribution in [2.75, 3.05) is 24.9 Å². The van der Waals surface area contributed by atoms with Gasteiger partial charge in [0.25, 0.3) is 0 Å². The van der Waals surface area contributed by atoms with Crippen LogP contribution >= 0.6 is 0 Å². The number of anilines is 2. The van der Waals surface area contributed by atoms with Crippen LogP contribution in [0.5, 0.6) is 11.5 Å². The second-order valence-corrected chi connectivity index (χ2v) is 7.12. The fraction of sp³-hybridized carbons (Fsp3) is 0.160. The van der Waals surface area contributed by atoms with E-state index in [0.29, 0.717) is 17.2 Å². The first kappa shape index (κ1) is 20.3. The first-order valence-corrected chi connectivity index (χ1v) is 10.1. The van der Waals surface area contributed by atoms with Crippen LogP contribution < -0.4 is 20.1 Å². The summed E-state index contributed by atoms with van der Waals surface area (Å²) >= 11 is 0. The predicted molar refractivity (Wildman–Crippen MR) is 125 cm³/mol. The van der Waals surface area contributed by atoms with Crippen LogP contribution in [0.15, 0.2) is 66.7 Å². The van der Waals surface area contributed by atoms with Crippen molar-refractivity contribution in [3.05, 3.63) is 72.3 Å². The molecule has 6 heteroatoms. The zero-order chi connectivity index (χ0) is 21.8. The monoisotopic (exact) mass is 415 g/mol. The third-order valence-electron chi connectivity index (χ3n) is 5.25. The van der Waals surface area contributed by atoms with Crippen LogP contribution in [0, 0.1) is 0 Å². The minimum Gasteiger partial charge on any atom is -0.497 e. The number of rotatable bonds is 6. The fourth-order valence-corrected chi connectivity index (χ4v) is 3.56. The SMILES string of the molecule is CCc1ccc(-c2[nH]c3ccccc3c2NC(=O)Nc2ccc(OC)cc2OC)cc1. The number of nitrogens with one attached hydrogen (secondary N) is 3. The van der Waals surface area contributed by atoms with Crippen molar-refractivity contribution in [2.24, 2.45) is 0 Å². The van der Waals surface area contributed by atoms with E-state index in [9.17, 15) is 4.79 Å². The van der Waals surface area contributed by atoms with Crippen molar-refractivity contribution in [1.29, 1.82) is 0 Å². The zero-order valence-electron chi connectivity index (χ0n) is 17.8. The van der Waals surface area contributed by atoms with Crippen molar-refractivity contribution in [3.63, 3.8) is 0 Å². The topological polar surface area (TPSA) is 75.4 Å². The van der Waals surface area contributed by atoms with E-state index in [-0.39, 0.29) is 6.03 Å². The van der Waals surface area contributed by atoms with Crippen molar-refractivity contribution in [1.82, 2.24) is 4.98 Å². The number of carbonyl (C=O) groups excluding carboxylic acids is 1. The number of fused-ring (bicyclic) bond motifs is 1. The quantitative estimate of drug-likeness (QED) is 0.358. The molecule has 0 atom stereocenters. The molecule has 0 fully saturated rings. The third kappa shape index (κ3) is 4.19. The summed E-state index contributed by atoms with van der Waals surface area (Å²) in [4.78, 5) is 16.3. The molecule has 31 heavy (non-hydrogen) atoms. The Balaban J connectivity index is 1.66. The molecule has 0 saturated carbocycles. The van der Waals surface area contributed by atoms with Gasteiger partial charge in [-0.05, 0) is 30.2 Å². The Morgan fingerprint density at radius 2 is 1.71 bits per heavy atom. The molecule has 0 bridgehead atoms. The van der Waals surface area contributed by atoms with Gasteiger partial charge in [-0.1, -0.05) is 49.4 Å². The van der Waals surface area contributed by atoms with Gasteiger partial charge in [0.2, 0.25) is 0 Å². The number of methoxy groups -OCH3 is 2. The average Bonchev–Trinajstić information content (AvgIpc) is 3.17.